The molecule has 1 N–H and O–H groups in total. The average Bonchev–Trinajstić information content (AvgIpc) is 3.08. The van der Waals surface area contributed by atoms with Gasteiger partial charge in [0, 0.05) is 7.05 Å². The van der Waals surface area contributed by atoms with Crippen molar-refractivity contribution in [2.75, 3.05) is 6.54 Å². The molecular weight excluding hydrogens is 252 g/mol. The maximum atomic E-state index is 5.49. The topological polar surface area (TPSA) is 52.0 Å². The molecule has 2 aromatic rings. The van der Waals surface area contributed by atoms with Crippen molar-refractivity contribution < 1.29 is 4.74 Å². The Hall–Kier alpha value is -1.72. The molecule has 3 rings (SSSR count). The first-order chi connectivity index (χ1) is 9.79. The van der Waals surface area contributed by atoms with Gasteiger partial charge >= 0.3 is 0 Å². The van der Waals surface area contributed by atoms with Crippen molar-refractivity contribution in [1.29, 1.82) is 0 Å². The molecule has 1 aromatic heterocycles. The van der Waals surface area contributed by atoms with Gasteiger partial charge in [0.1, 0.15) is 0 Å². The van der Waals surface area contributed by atoms with Crippen LogP contribution in [0.4, 0.5) is 0 Å². The Balaban J connectivity index is 1.94. The van der Waals surface area contributed by atoms with E-state index in [0.29, 0.717) is 6.61 Å². The van der Waals surface area contributed by atoms with Gasteiger partial charge < -0.3 is 10.1 Å². The standard InChI is InChI=1S/C15H20N4O/c1-3-6-16-15(14-8-17-18-19(14)2)11-4-5-12-9-20-10-13(12)7-11/h4-5,7-8,15-16H,3,6,9-10H2,1-2H3. The molecule has 0 amide bonds. The lowest BCUT2D eigenvalue weighted by Gasteiger charge is -2.19. The SMILES string of the molecule is CCCNC(c1ccc2c(c1)COC2)c1cnnn1C. The van der Waals surface area contributed by atoms with Crippen LogP contribution in [-0.2, 0) is 25.0 Å². The van der Waals surface area contributed by atoms with Gasteiger partial charge in [0.2, 0.25) is 0 Å². The predicted molar refractivity (Wildman–Crippen MR) is 76.1 cm³/mol. The van der Waals surface area contributed by atoms with Gasteiger partial charge in [0.05, 0.1) is 31.1 Å². The van der Waals surface area contributed by atoms with E-state index in [4.69, 9.17) is 4.74 Å². The summed E-state index contributed by atoms with van der Waals surface area (Å²) in [4.78, 5) is 0. The molecule has 1 aromatic carbocycles. The van der Waals surface area contributed by atoms with Gasteiger partial charge in [0.15, 0.2) is 0 Å². The Labute approximate surface area is 118 Å². The fourth-order valence-corrected chi connectivity index (χ4v) is 2.61. The minimum Gasteiger partial charge on any atom is -0.372 e. The number of rotatable bonds is 5. The Morgan fingerprint density at radius 2 is 2.20 bits per heavy atom. The first-order valence-corrected chi connectivity index (χ1v) is 7.07. The lowest BCUT2D eigenvalue weighted by molar-refractivity contribution is 0.134. The van der Waals surface area contributed by atoms with E-state index in [1.807, 2.05) is 17.9 Å². The third-order valence-electron chi connectivity index (χ3n) is 3.72. The summed E-state index contributed by atoms with van der Waals surface area (Å²) < 4.78 is 7.33. The summed E-state index contributed by atoms with van der Waals surface area (Å²) in [7, 11) is 1.93. The highest BCUT2D eigenvalue weighted by molar-refractivity contribution is 5.37. The fraction of sp³-hybridized carbons (Fsp3) is 0.467. The summed E-state index contributed by atoms with van der Waals surface area (Å²) in [6.07, 6.45) is 2.92. The lowest BCUT2D eigenvalue weighted by Crippen LogP contribution is -2.25. The van der Waals surface area contributed by atoms with Crippen LogP contribution in [0.5, 0.6) is 0 Å². The van der Waals surface area contributed by atoms with Gasteiger partial charge in [-0.2, -0.15) is 0 Å². The van der Waals surface area contributed by atoms with Crippen LogP contribution in [0.15, 0.2) is 24.4 Å². The van der Waals surface area contributed by atoms with Crippen molar-refractivity contribution in [1.82, 2.24) is 20.3 Å². The first kappa shape index (κ1) is 13.3. The number of hydrogen-bond donors (Lipinski definition) is 1. The molecule has 1 aliphatic rings. The molecule has 0 saturated carbocycles. The summed E-state index contributed by atoms with van der Waals surface area (Å²) in [6, 6.07) is 6.71. The van der Waals surface area contributed by atoms with Crippen LogP contribution in [0.1, 0.15) is 41.8 Å². The maximum absolute atomic E-state index is 5.49. The van der Waals surface area contributed by atoms with Crippen molar-refractivity contribution in [2.45, 2.75) is 32.6 Å². The van der Waals surface area contributed by atoms with E-state index in [1.165, 1.54) is 16.7 Å². The number of fused-ring (bicyclic) bond motifs is 1. The Morgan fingerprint density at radius 1 is 1.35 bits per heavy atom. The van der Waals surface area contributed by atoms with Crippen LogP contribution in [0.2, 0.25) is 0 Å². The zero-order valence-electron chi connectivity index (χ0n) is 12.0. The molecule has 20 heavy (non-hydrogen) atoms. The van der Waals surface area contributed by atoms with Crippen LogP contribution >= 0.6 is 0 Å². The van der Waals surface area contributed by atoms with Crippen LogP contribution < -0.4 is 5.32 Å². The van der Waals surface area contributed by atoms with E-state index in [-0.39, 0.29) is 6.04 Å². The summed E-state index contributed by atoms with van der Waals surface area (Å²) in [5, 5.41) is 11.6. The Kier molecular flexibility index (Phi) is 3.80. The molecule has 2 heterocycles. The largest absolute Gasteiger partial charge is 0.372 e. The van der Waals surface area contributed by atoms with Crippen LogP contribution in [0, 0.1) is 0 Å². The van der Waals surface area contributed by atoms with Gasteiger partial charge in [-0.3, -0.25) is 4.68 Å². The van der Waals surface area contributed by atoms with Crippen molar-refractivity contribution in [3.8, 4) is 0 Å². The van der Waals surface area contributed by atoms with Crippen molar-refractivity contribution in [2.24, 2.45) is 7.05 Å². The normalized spacial score (nSPS) is 15.3. The van der Waals surface area contributed by atoms with Gasteiger partial charge in [-0.25, -0.2) is 0 Å². The molecule has 0 bridgehead atoms. The van der Waals surface area contributed by atoms with Crippen LogP contribution in [0.25, 0.3) is 0 Å². The highest BCUT2D eigenvalue weighted by Gasteiger charge is 2.20. The second kappa shape index (κ2) is 5.73. The number of ether oxygens (including phenoxy) is 1. The van der Waals surface area contributed by atoms with Gasteiger partial charge in [-0.1, -0.05) is 30.3 Å². The fourth-order valence-electron chi connectivity index (χ4n) is 2.61. The number of aryl methyl sites for hydroxylation is 1. The number of benzene rings is 1. The molecule has 5 heteroatoms. The van der Waals surface area contributed by atoms with Crippen molar-refractivity contribution in [3.63, 3.8) is 0 Å². The Morgan fingerprint density at radius 3 is 2.95 bits per heavy atom. The quantitative estimate of drug-likeness (QED) is 0.903. The molecule has 1 unspecified atom stereocenters. The third kappa shape index (κ3) is 2.46. The van der Waals surface area contributed by atoms with Crippen molar-refractivity contribution in [3.05, 3.63) is 46.8 Å². The molecule has 0 saturated heterocycles. The third-order valence-corrected chi connectivity index (χ3v) is 3.72. The number of nitrogens with zero attached hydrogens (tertiary/aromatic N) is 3. The molecule has 0 radical (unpaired) electrons. The van der Waals surface area contributed by atoms with E-state index in [2.05, 4.69) is 40.8 Å². The molecule has 1 aliphatic heterocycles. The van der Waals surface area contributed by atoms with E-state index >= 15 is 0 Å². The van der Waals surface area contributed by atoms with E-state index in [1.54, 1.807) is 0 Å². The minimum absolute atomic E-state index is 0.126. The molecule has 0 aliphatic carbocycles. The monoisotopic (exact) mass is 272 g/mol. The summed E-state index contributed by atoms with van der Waals surface area (Å²) in [5.74, 6) is 0. The highest BCUT2D eigenvalue weighted by Crippen LogP contribution is 2.27. The van der Waals surface area contributed by atoms with Gasteiger partial charge in [-0.15, -0.1) is 5.10 Å². The second-order valence-corrected chi connectivity index (χ2v) is 5.19. The molecule has 5 nitrogen and oxygen atoms in total. The summed E-state index contributed by atoms with van der Waals surface area (Å²) in [5.41, 5.74) is 4.91. The minimum atomic E-state index is 0.126. The van der Waals surface area contributed by atoms with E-state index in [0.717, 1.165) is 25.3 Å². The smallest absolute Gasteiger partial charge is 0.0798 e. The molecule has 106 valence electrons. The summed E-state index contributed by atoms with van der Waals surface area (Å²) in [6.45, 7) is 4.58. The van der Waals surface area contributed by atoms with Gasteiger partial charge in [-0.05, 0) is 29.7 Å². The first-order valence-electron chi connectivity index (χ1n) is 7.07. The Bertz CT molecular complexity index is 593. The molecule has 0 fully saturated rings. The zero-order valence-corrected chi connectivity index (χ0v) is 12.0. The maximum Gasteiger partial charge on any atom is 0.0798 e. The molecule has 0 spiro atoms. The number of hydrogen-bond acceptors (Lipinski definition) is 4. The average molecular weight is 272 g/mol. The van der Waals surface area contributed by atoms with Gasteiger partial charge in [0.25, 0.3) is 0 Å². The zero-order chi connectivity index (χ0) is 13.9. The van der Waals surface area contributed by atoms with E-state index < -0.39 is 0 Å². The molecule has 1 atom stereocenters. The summed E-state index contributed by atoms with van der Waals surface area (Å²) >= 11 is 0. The highest BCUT2D eigenvalue weighted by atomic mass is 16.5. The van der Waals surface area contributed by atoms with Crippen LogP contribution in [-0.4, -0.2) is 21.5 Å². The predicted octanol–water partition coefficient (Wildman–Crippen LogP) is 1.93. The number of aromatic nitrogens is 3. The number of nitrogens with one attached hydrogen (secondary N) is 1. The van der Waals surface area contributed by atoms with Crippen molar-refractivity contribution >= 4 is 0 Å². The van der Waals surface area contributed by atoms with Crippen LogP contribution in [0.3, 0.4) is 0 Å². The second-order valence-electron chi connectivity index (χ2n) is 5.19. The van der Waals surface area contributed by atoms with E-state index in [9.17, 15) is 0 Å². The molecular formula is C15H20N4O. The lowest BCUT2D eigenvalue weighted by atomic mass is 9.99.